The number of ether oxygens (including phenoxy) is 1. The molecule has 0 saturated carbocycles. The van der Waals surface area contributed by atoms with Crippen LogP contribution in [0, 0.1) is 13.8 Å². The number of esters is 1. The topological polar surface area (TPSA) is 72.5 Å². The van der Waals surface area contributed by atoms with Crippen LogP contribution in [-0.4, -0.2) is 31.3 Å². The van der Waals surface area contributed by atoms with Crippen LogP contribution in [0.3, 0.4) is 0 Å². The van der Waals surface area contributed by atoms with Crippen LogP contribution in [0.15, 0.2) is 42.5 Å². The molecule has 0 aliphatic heterocycles. The highest BCUT2D eigenvalue weighted by Gasteiger charge is 2.19. The van der Waals surface area contributed by atoms with E-state index in [1.165, 1.54) is 7.11 Å². The zero-order valence-corrected chi connectivity index (χ0v) is 13.9. The van der Waals surface area contributed by atoms with Gasteiger partial charge in [-0.05, 0) is 31.5 Å². The molecule has 0 spiro atoms. The van der Waals surface area contributed by atoms with Gasteiger partial charge in [0, 0.05) is 11.1 Å². The van der Waals surface area contributed by atoms with Crippen LogP contribution in [0.2, 0.25) is 0 Å². The number of benzene rings is 2. The smallest absolute Gasteiger partial charge is 0.325 e. The molecule has 0 saturated heterocycles. The number of hydrogen-bond acceptors (Lipinski definition) is 4. The fraction of sp³-hybridized carbons (Fsp3) is 0.211. The molecule has 0 bridgehead atoms. The maximum atomic E-state index is 12.9. The van der Waals surface area contributed by atoms with Crippen molar-refractivity contribution >= 4 is 17.7 Å². The Bertz CT molecular complexity index is 796. The van der Waals surface area contributed by atoms with Crippen molar-refractivity contribution in [3.63, 3.8) is 0 Å². The van der Waals surface area contributed by atoms with Crippen LogP contribution in [0.5, 0.6) is 0 Å². The lowest BCUT2D eigenvalue weighted by molar-refractivity contribution is -0.139. The van der Waals surface area contributed by atoms with Gasteiger partial charge < -0.3 is 10.1 Å². The van der Waals surface area contributed by atoms with E-state index in [9.17, 15) is 14.4 Å². The molecule has 2 rings (SSSR count). The minimum Gasteiger partial charge on any atom is -0.468 e. The van der Waals surface area contributed by atoms with Crippen molar-refractivity contribution in [3.05, 3.63) is 70.3 Å². The largest absolute Gasteiger partial charge is 0.468 e. The van der Waals surface area contributed by atoms with Gasteiger partial charge in [0.25, 0.3) is 5.91 Å². The molecule has 124 valence electrons. The molecule has 0 atom stereocenters. The summed E-state index contributed by atoms with van der Waals surface area (Å²) < 4.78 is 4.49. The summed E-state index contributed by atoms with van der Waals surface area (Å²) in [6, 6.07) is 12.2. The number of carbonyl (C=O) groups is 3. The lowest BCUT2D eigenvalue weighted by Crippen LogP contribution is -2.31. The van der Waals surface area contributed by atoms with Crippen LogP contribution in [-0.2, 0) is 9.53 Å². The number of ketones is 1. The summed E-state index contributed by atoms with van der Waals surface area (Å²) in [4.78, 5) is 36.3. The molecule has 2 aromatic rings. The van der Waals surface area contributed by atoms with Gasteiger partial charge in [-0.3, -0.25) is 14.4 Å². The fourth-order valence-electron chi connectivity index (χ4n) is 2.32. The Morgan fingerprint density at radius 2 is 1.62 bits per heavy atom. The number of methoxy groups -OCH3 is 1. The van der Waals surface area contributed by atoms with Gasteiger partial charge in [0.2, 0.25) is 0 Å². The molecule has 5 heteroatoms. The van der Waals surface area contributed by atoms with Crippen LogP contribution < -0.4 is 5.32 Å². The molecule has 0 aliphatic carbocycles. The van der Waals surface area contributed by atoms with Gasteiger partial charge in [0.15, 0.2) is 5.78 Å². The van der Waals surface area contributed by atoms with Crippen molar-refractivity contribution in [2.45, 2.75) is 13.8 Å². The molecular weight excluding hydrogens is 306 g/mol. The summed E-state index contributed by atoms with van der Waals surface area (Å²) in [6.07, 6.45) is 0. The molecule has 0 heterocycles. The first-order valence-corrected chi connectivity index (χ1v) is 7.50. The highest BCUT2D eigenvalue weighted by atomic mass is 16.5. The molecule has 2 aromatic carbocycles. The monoisotopic (exact) mass is 325 g/mol. The average molecular weight is 325 g/mol. The first-order valence-electron chi connectivity index (χ1n) is 7.50. The van der Waals surface area contributed by atoms with Crippen LogP contribution in [0.4, 0.5) is 0 Å². The lowest BCUT2D eigenvalue weighted by Gasteiger charge is -2.11. The third-order valence-electron chi connectivity index (χ3n) is 3.67. The quantitative estimate of drug-likeness (QED) is 0.677. The van der Waals surface area contributed by atoms with Gasteiger partial charge >= 0.3 is 5.97 Å². The molecule has 1 N–H and O–H groups in total. The second-order valence-electron chi connectivity index (χ2n) is 5.45. The minimum absolute atomic E-state index is 0.222. The summed E-state index contributed by atoms with van der Waals surface area (Å²) in [6.45, 7) is 3.51. The SMILES string of the molecule is COC(=O)CNC(=O)c1ccccc1C(=O)c1cc(C)ccc1C. The molecule has 0 fully saturated rings. The van der Waals surface area contributed by atoms with Gasteiger partial charge in [-0.25, -0.2) is 0 Å². The Balaban J connectivity index is 2.34. The third-order valence-corrected chi connectivity index (χ3v) is 3.67. The number of nitrogens with one attached hydrogen (secondary N) is 1. The van der Waals surface area contributed by atoms with E-state index in [0.717, 1.165) is 11.1 Å². The molecule has 0 radical (unpaired) electrons. The first-order chi connectivity index (χ1) is 11.4. The lowest BCUT2D eigenvalue weighted by atomic mass is 9.94. The van der Waals surface area contributed by atoms with Crippen molar-refractivity contribution in [2.75, 3.05) is 13.7 Å². The number of aryl methyl sites for hydroxylation is 2. The zero-order chi connectivity index (χ0) is 17.7. The highest BCUT2D eigenvalue weighted by Crippen LogP contribution is 2.19. The normalized spacial score (nSPS) is 10.1. The maximum absolute atomic E-state index is 12.9. The molecule has 5 nitrogen and oxygen atoms in total. The van der Waals surface area contributed by atoms with E-state index in [1.807, 2.05) is 26.0 Å². The Labute approximate surface area is 140 Å². The fourth-order valence-corrected chi connectivity index (χ4v) is 2.32. The number of amides is 1. The van der Waals surface area contributed by atoms with Gasteiger partial charge in [0.05, 0.1) is 12.7 Å². The molecule has 1 amide bonds. The van der Waals surface area contributed by atoms with Gasteiger partial charge in [-0.15, -0.1) is 0 Å². The van der Waals surface area contributed by atoms with Gasteiger partial charge in [-0.2, -0.15) is 0 Å². The van der Waals surface area contributed by atoms with Gasteiger partial charge in [-0.1, -0.05) is 35.9 Å². The molecule has 24 heavy (non-hydrogen) atoms. The number of hydrogen-bond donors (Lipinski definition) is 1. The molecular formula is C19H19NO4. The summed E-state index contributed by atoms with van der Waals surface area (Å²) in [5.74, 6) is -1.27. The Hall–Kier alpha value is -2.95. The van der Waals surface area contributed by atoms with E-state index in [2.05, 4.69) is 10.1 Å². The summed E-state index contributed by atoms with van der Waals surface area (Å²) in [5, 5.41) is 2.46. The standard InChI is InChI=1S/C19H19NO4/c1-12-8-9-13(2)16(10-12)18(22)14-6-4-5-7-15(14)19(23)20-11-17(21)24-3/h4-10H,11H2,1-3H3,(H,20,23). The summed E-state index contributed by atoms with van der Waals surface area (Å²) >= 11 is 0. The molecule has 0 unspecified atom stereocenters. The van der Waals surface area contributed by atoms with Crippen molar-refractivity contribution < 1.29 is 19.1 Å². The van der Waals surface area contributed by atoms with E-state index >= 15 is 0 Å². The zero-order valence-electron chi connectivity index (χ0n) is 13.9. The predicted molar refractivity (Wildman–Crippen MR) is 90.1 cm³/mol. The van der Waals surface area contributed by atoms with Crippen LogP contribution in [0.1, 0.15) is 37.4 Å². The van der Waals surface area contributed by atoms with Crippen molar-refractivity contribution in [1.29, 1.82) is 0 Å². The average Bonchev–Trinajstić information content (AvgIpc) is 2.60. The Kier molecular flexibility index (Phi) is 5.47. The van der Waals surface area contributed by atoms with E-state index in [-0.39, 0.29) is 17.9 Å². The van der Waals surface area contributed by atoms with Gasteiger partial charge in [0.1, 0.15) is 6.54 Å². The highest BCUT2D eigenvalue weighted by molar-refractivity contribution is 6.16. The Morgan fingerprint density at radius 1 is 0.958 bits per heavy atom. The summed E-state index contributed by atoms with van der Waals surface area (Å²) in [5.41, 5.74) is 2.90. The third kappa shape index (κ3) is 3.87. The van der Waals surface area contributed by atoms with E-state index in [4.69, 9.17) is 0 Å². The van der Waals surface area contributed by atoms with E-state index in [0.29, 0.717) is 11.1 Å². The summed E-state index contributed by atoms with van der Waals surface area (Å²) in [7, 11) is 1.24. The first kappa shape index (κ1) is 17.4. The molecule has 0 aromatic heterocycles. The Morgan fingerprint density at radius 3 is 2.29 bits per heavy atom. The van der Waals surface area contributed by atoms with E-state index in [1.54, 1.807) is 30.3 Å². The predicted octanol–water partition coefficient (Wildman–Crippen LogP) is 2.44. The van der Waals surface area contributed by atoms with Crippen LogP contribution in [0.25, 0.3) is 0 Å². The number of rotatable bonds is 5. The van der Waals surface area contributed by atoms with Crippen LogP contribution >= 0.6 is 0 Å². The molecule has 0 aliphatic rings. The maximum Gasteiger partial charge on any atom is 0.325 e. The second-order valence-corrected chi connectivity index (χ2v) is 5.45. The van der Waals surface area contributed by atoms with E-state index < -0.39 is 11.9 Å². The minimum atomic E-state index is -0.554. The number of carbonyl (C=O) groups excluding carboxylic acids is 3. The van der Waals surface area contributed by atoms with Crippen molar-refractivity contribution in [1.82, 2.24) is 5.32 Å². The second kappa shape index (κ2) is 7.55. The van der Waals surface area contributed by atoms with Crippen molar-refractivity contribution in [2.24, 2.45) is 0 Å². The van der Waals surface area contributed by atoms with Crippen molar-refractivity contribution in [3.8, 4) is 0 Å².